The van der Waals surface area contributed by atoms with Crippen LogP contribution in [0.15, 0.2) is 0 Å². The minimum absolute atomic E-state index is 0.126. The molecule has 0 aromatic heterocycles. The summed E-state index contributed by atoms with van der Waals surface area (Å²) in [5.41, 5.74) is -1.42. The molecule has 22 heavy (non-hydrogen) atoms. The third-order valence-electron chi connectivity index (χ3n) is 4.60. The van der Waals surface area contributed by atoms with Gasteiger partial charge < -0.3 is 14.6 Å². The van der Waals surface area contributed by atoms with Crippen molar-refractivity contribution in [2.24, 2.45) is 17.3 Å². The van der Waals surface area contributed by atoms with Crippen LogP contribution in [0, 0.1) is 17.3 Å². The Kier molecular flexibility index (Phi) is 5.73. The molecule has 1 saturated carbocycles. The lowest BCUT2D eigenvalue weighted by molar-refractivity contribution is -0.159. The van der Waals surface area contributed by atoms with Crippen LogP contribution in [0.5, 0.6) is 0 Å². The van der Waals surface area contributed by atoms with Gasteiger partial charge in [-0.05, 0) is 46.5 Å². The van der Waals surface area contributed by atoms with Crippen LogP contribution >= 0.6 is 0 Å². The topological polar surface area (TPSA) is 55.8 Å². The molecule has 130 valence electrons. The molecule has 0 aromatic carbocycles. The zero-order valence-corrected chi connectivity index (χ0v) is 15.5. The van der Waals surface area contributed by atoms with Crippen LogP contribution in [0.2, 0.25) is 0 Å². The second-order valence-electron chi connectivity index (χ2n) is 8.61. The van der Waals surface area contributed by atoms with E-state index in [2.05, 4.69) is 6.92 Å². The summed E-state index contributed by atoms with van der Waals surface area (Å²) in [7, 11) is 0. The van der Waals surface area contributed by atoms with Crippen molar-refractivity contribution in [3.8, 4) is 0 Å². The highest BCUT2D eigenvalue weighted by Gasteiger charge is 2.67. The molecule has 0 aliphatic heterocycles. The van der Waals surface area contributed by atoms with Gasteiger partial charge in [0, 0.05) is 12.5 Å². The van der Waals surface area contributed by atoms with Crippen molar-refractivity contribution < 1.29 is 19.4 Å². The highest BCUT2D eigenvalue weighted by atomic mass is 16.6. The van der Waals surface area contributed by atoms with E-state index in [-0.39, 0.29) is 23.2 Å². The Hall–Kier alpha value is -0.610. The van der Waals surface area contributed by atoms with Crippen molar-refractivity contribution in [2.75, 3.05) is 6.61 Å². The van der Waals surface area contributed by atoms with Crippen LogP contribution in [-0.4, -0.2) is 35.0 Å². The van der Waals surface area contributed by atoms with E-state index in [9.17, 15) is 9.90 Å². The Morgan fingerprint density at radius 2 is 1.77 bits per heavy atom. The third kappa shape index (κ3) is 4.45. The number of aliphatic hydroxyl groups is 1. The summed E-state index contributed by atoms with van der Waals surface area (Å²) in [6.45, 7) is 16.1. The molecule has 3 atom stereocenters. The molecular weight excluding hydrogens is 280 g/mol. The molecule has 0 aromatic rings. The predicted octanol–water partition coefficient (Wildman–Crippen LogP) is 3.56. The fraction of sp³-hybridized carbons (Fsp3) is 0.944. The molecule has 1 rings (SSSR count). The number of rotatable bonds is 7. The van der Waals surface area contributed by atoms with Crippen molar-refractivity contribution in [3.63, 3.8) is 0 Å². The van der Waals surface area contributed by atoms with Crippen LogP contribution in [-0.2, 0) is 14.3 Å². The lowest BCUT2D eigenvalue weighted by Gasteiger charge is -2.32. The lowest BCUT2D eigenvalue weighted by atomic mass is 9.93. The van der Waals surface area contributed by atoms with Gasteiger partial charge in [0.05, 0.1) is 17.6 Å². The number of aliphatic hydroxyl groups excluding tert-OH is 1. The molecule has 1 aliphatic rings. The van der Waals surface area contributed by atoms with Gasteiger partial charge in [0.15, 0.2) is 0 Å². The van der Waals surface area contributed by atoms with Crippen molar-refractivity contribution >= 4 is 5.97 Å². The maximum Gasteiger partial charge on any atom is 0.310 e. The number of carbonyl (C=O) groups excluding carboxylic acids is 1. The van der Waals surface area contributed by atoms with Crippen LogP contribution in [0.4, 0.5) is 0 Å². The van der Waals surface area contributed by atoms with Gasteiger partial charge in [0.2, 0.25) is 0 Å². The van der Waals surface area contributed by atoms with E-state index in [0.29, 0.717) is 6.61 Å². The van der Waals surface area contributed by atoms with E-state index in [4.69, 9.17) is 9.47 Å². The van der Waals surface area contributed by atoms with Gasteiger partial charge in [-0.15, -0.1) is 0 Å². The molecule has 4 heteroatoms. The molecular formula is C18H34O4. The lowest BCUT2D eigenvalue weighted by Crippen LogP contribution is -2.42. The first-order valence-electron chi connectivity index (χ1n) is 8.39. The number of esters is 1. The Morgan fingerprint density at radius 1 is 1.23 bits per heavy atom. The largest absolute Gasteiger partial charge is 0.460 e. The summed E-state index contributed by atoms with van der Waals surface area (Å²) in [4.78, 5) is 12.4. The maximum absolute atomic E-state index is 12.4. The molecule has 0 bridgehead atoms. The Bertz CT molecular complexity index is 392. The van der Waals surface area contributed by atoms with Gasteiger partial charge in [-0.1, -0.05) is 27.2 Å². The minimum Gasteiger partial charge on any atom is -0.460 e. The summed E-state index contributed by atoms with van der Waals surface area (Å²) in [6, 6.07) is 0. The maximum atomic E-state index is 12.4. The van der Waals surface area contributed by atoms with Crippen LogP contribution in [0.3, 0.4) is 0 Å². The Labute approximate surface area is 135 Å². The second kappa shape index (κ2) is 6.48. The fourth-order valence-electron chi connectivity index (χ4n) is 3.08. The average Bonchev–Trinajstić information content (AvgIpc) is 2.89. The van der Waals surface area contributed by atoms with Crippen molar-refractivity contribution in [1.82, 2.24) is 0 Å². The summed E-state index contributed by atoms with van der Waals surface area (Å²) < 4.78 is 11.4. The summed E-state index contributed by atoms with van der Waals surface area (Å²) >= 11 is 0. The molecule has 0 heterocycles. The number of carbonyl (C=O) groups is 1. The van der Waals surface area contributed by atoms with Crippen molar-refractivity contribution in [2.45, 2.75) is 85.5 Å². The SMILES string of the molecule is CCCCOC(C)(C)C(O)C1C(C(=O)OC(C)(C)C)C1(C)C. The third-order valence-corrected chi connectivity index (χ3v) is 4.60. The van der Waals surface area contributed by atoms with Gasteiger partial charge in [-0.3, -0.25) is 4.79 Å². The van der Waals surface area contributed by atoms with Crippen LogP contribution < -0.4 is 0 Å². The van der Waals surface area contributed by atoms with E-state index in [0.717, 1.165) is 12.8 Å². The van der Waals surface area contributed by atoms with Gasteiger partial charge in [-0.2, -0.15) is 0 Å². The molecule has 1 fully saturated rings. The number of hydrogen-bond acceptors (Lipinski definition) is 4. The molecule has 1 N–H and O–H groups in total. The number of hydrogen-bond donors (Lipinski definition) is 1. The molecule has 3 unspecified atom stereocenters. The zero-order chi connectivity index (χ0) is 17.3. The standard InChI is InChI=1S/C18H34O4/c1-9-10-11-21-18(7,8)14(19)12-13(17(12,5)6)15(20)22-16(2,3)4/h12-14,19H,9-11H2,1-8H3. The quantitative estimate of drug-likeness (QED) is 0.576. The second-order valence-corrected chi connectivity index (χ2v) is 8.61. The van der Waals surface area contributed by atoms with Crippen molar-refractivity contribution in [1.29, 1.82) is 0 Å². The molecule has 4 nitrogen and oxygen atoms in total. The van der Waals surface area contributed by atoms with E-state index < -0.39 is 17.3 Å². The zero-order valence-electron chi connectivity index (χ0n) is 15.5. The molecule has 1 aliphatic carbocycles. The Morgan fingerprint density at radius 3 is 2.23 bits per heavy atom. The predicted molar refractivity (Wildman–Crippen MR) is 87.6 cm³/mol. The van der Waals surface area contributed by atoms with E-state index in [1.54, 1.807) is 0 Å². The van der Waals surface area contributed by atoms with E-state index in [1.165, 1.54) is 0 Å². The average molecular weight is 314 g/mol. The van der Waals surface area contributed by atoms with Crippen molar-refractivity contribution in [3.05, 3.63) is 0 Å². The van der Waals surface area contributed by atoms with E-state index >= 15 is 0 Å². The molecule has 0 saturated heterocycles. The summed E-state index contributed by atoms with van der Waals surface area (Å²) in [5, 5.41) is 10.7. The van der Waals surface area contributed by atoms with Gasteiger partial charge in [-0.25, -0.2) is 0 Å². The first-order chi connectivity index (χ1) is 9.84. The molecule has 0 spiro atoms. The molecule has 0 amide bonds. The fourth-order valence-corrected chi connectivity index (χ4v) is 3.08. The summed E-state index contributed by atoms with van der Waals surface area (Å²) in [6.07, 6.45) is 1.35. The van der Waals surface area contributed by atoms with Crippen LogP contribution in [0.25, 0.3) is 0 Å². The van der Waals surface area contributed by atoms with Gasteiger partial charge >= 0.3 is 5.97 Å². The highest BCUT2D eigenvalue weighted by Crippen LogP contribution is 2.62. The summed E-state index contributed by atoms with van der Waals surface area (Å²) in [5.74, 6) is -0.611. The van der Waals surface area contributed by atoms with E-state index in [1.807, 2.05) is 48.5 Å². The molecule has 0 radical (unpaired) electrons. The minimum atomic E-state index is -0.683. The van der Waals surface area contributed by atoms with Gasteiger partial charge in [0.1, 0.15) is 5.60 Å². The van der Waals surface area contributed by atoms with Gasteiger partial charge in [0.25, 0.3) is 0 Å². The normalized spacial score (nSPS) is 25.7. The monoisotopic (exact) mass is 314 g/mol. The first-order valence-corrected chi connectivity index (χ1v) is 8.39. The first kappa shape index (κ1) is 19.4. The number of ether oxygens (including phenoxy) is 2. The highest BCUT2D eigenvalue weighted by molar-refractivity contribution is 5.78. The smallest absolute Gasteiger partial charge is 0.310 e. The Balaban J connectivity index is 2.73. The van der Waals surface area contributed by atoms with Crippen LogP contribution in [0.1, 0.15) is 68.2 Å². The number of unbranched alkanes of at least 4 members (excludes halogenated alkanes) is 1.